The molecule has 1 N–H and O–H groups in total. The van der Waals surface area contributed by atoms with E-state index < -0.39 is 12.2 Å². The lowest BCUT2D eigenvalue weighted by Crippen LogP contribution is -2.37. The zero-order chi connectivity index (χ0) is 16.3. The Labute approximate surface area is 131 Å². The Morgan fingerprint density at radius 2 is 1.82 bits per heavy atom. The Kier molecular flexibility index (Phi) is 5.56. The summed E-state index contributed by atoms with van der Waals surface area (Å²) in [5.74, 6) is -0.664. The van der Waals surface area contributed by atoms with Crippen molar-refractivity contribution in [2.24, 2.45) is 22.7 Å². The molecule has 1 fully saturated rings. The third kappa shape index (κ3) is 3.85. The molecular formula is C16H26N2O4. The molecule has 0 aromatic rings. The molecule has 2 heterocycles. The molecule has 6 heteroatoms. The Morgan fingerprint density at radius 1 is 1.18 bits per heavy atom. The first-order valence-corrected chi connectivity index (χ1v) is 8.04. The summed E-state index contributed by atoms with van der Waals surface area (Å²) < 4.78 is 10.9. The highest BCUT2D eigenvalue weighted by Gasteiger charge is 2.38. The van der Waals surface area contributed by atoms with Gasteiger partial charge < -0.3 is 14.8 Å². The van der Waals surface area contributed by atoms with Gasteiger partial charge in [0.25, 0.3) is 0 Å². The minimum atomic E-state index is -0.467. The van der Waals surface area contributed by atoms with Crippen molar-refractivity contribution in [1.29, 1.82) is 0 Å². The number of nitrogens with zero attached hydrogens (tertiary/aromatic N) is 1. The zero-order valence-corrected chi connectivity index (χ0v) is 13.7. The monoisotopic (exact) mass is 310 g/mol. The summed E-state index contributed by atoms with van der Waals surface area (Å²) in [4.78, 5) is 28.3. The van der Waals surface area contributed by atoms with Gasteiger partial charge in [0.05, 0.1) is 11.8 Å². The van der Waals surface area contributed by atoms with Crippen LogP contribution in [0, 0.1) is 17.8 Å². The van der Waals surface area contributed by atoms with Crippen molar-refractivity contribution in [1.82, 2.24) is 5.32 Å². The van der Waals surface area contributed by atoms with Crippen LogP contribution in [0.4, 0.5) is 0 Å². The van der Waals surface area contributed by atoms with Gasteiger partial charge >= 0.3 is 11.9 Å². The average Bonchev–Trinajstić information content (AvgIpc) is 3.08. The summed E-state index contributed by atoms with van der Waals surface area (Å²) in [6.45, 7) is 9.03. The first kappa shape index (κ1) is 16.9. The van der Waals surface area contributed by atoms with Crippen LogP contribution >= 0.6 is 0 Å². The molecule has 124 valence electrons. The van der Waals surface area contributed by atoms with Gasteiger partial charge in [-0.1, -0.05) is 6.92 Å². The van der Waals surface area contributed by atoms with Crippen molar-refractivity contribution < 1.29 is 19.1 Å². The maximum absolute atomic E-state index is 12.3. The second-order valence-corrected chi connectivity index (χ2v) is 6.43. The van der Waals surface area contributed by atoms with Crippen LogP contribution in [0.3, 0.4) is 0 Å². The minimum absolute atomic E-state index is 0.113. The highest BCUT2D eigenvalue weighted by Crippen LogP contribution is 2.24. The minimum Gasteiger partial charge on any atom is -0.458 e. The molecular weight excluding hydrogens is 284 g/mol. The second kappa shape index (κ2) is 7.22. The number of aliphatic imine (C=N–C) groups is 1. The topological polar surface area (TPSA) is 77.0 Å². The molecule has 1 saturated heterocycles. The third-order valence-electron chi connectivity index (χ3n) is 4.61. The quantitative estimate of drug-likeness (QED) is 0.772. The SMILES string of the molecule is CC1CNC(C)C1C(=O)OC(C)C(C)OC(=O)C1C=NCC1. The summed E-state index contributed by atoms with van der Waals surface area (Å²) in [6, 6.07) is 0.113. The molecule has 0 spiro atoms. The van der Waals surface area contributed by atoms with Crippen LogP contribution in [0.1, 0.15) is 34.1 Å². The molecule has 0 aromatic carbocycles. The molecule has 0 bridgehead atoms. The Balaban J connectivity index is 1.82. The van der Waals surface area contributed by atoms with E-state index in [1.165, 1.54) is 0 Å². The van der Waals surface area contributed by atoms with Crippen LogP contribution in [0.2, 0.25) is 0 Å². The third-order valence-corrected chi connectivity index (χ3v) is 4.61. The van der Waals surface area contributed by atoms with Gasteiger partial charge in [0.2, 0.25) is 0 Å². The van der Waals surface area contributed by atoms with E-state index in [0.29, 0.717) is 13.0 Å². The Morgan fingerprint density at radius 3 is 2.32 bits per heavy atom. The van der Waals surface area contributed by atoms with Gasteiger partial charge in [-0.2, -0.15) is 0 Å². The van der Waals surface area contributed by atoms with Crippen LogP contribution < -0.4 is 5.32 Å². The number of esters is 2. The fourth-order valence-corrected chi connectivity index (χ4v) is 2.95. The molecule has 2 rings (SSSR count). The molecule has 22 heavy (non-hydrogen) atoms. The van der Waals surface area contributed by atoms with Crippen molar-refractivity contribution in [2.75, 3.05) is 13.1 Å². The van der Waals surface area contributed by atoms with Gasteiger partial charge in [0, 0.05) is 18.8 Å². The van der Waals surface area contributed by atoms with Gasteiger partial charge in [0.15, 0.2) is 0 Å². The lowest BCUT2D eigenvalue weighted by atomic mass is 9.93. The highest BCUT2D eigenvalue weighted by molar-refractivity contribution is 5.90. The van der Waals surface area contributed by atoms with Crippen LogP contribution in [-0.4, -0.2) is 49.5 Å². The molecule has 0 aromatic heterocycles. The molecule has 2 aliphatic heterocycles. The number of ether oxygens (including phenoxy) is 2. The van der Waals surface area contributed by atoms with Gasteiger partial charge in [-0.3, -0.25) is 14.6 Å². The van der Waals surface area contributed by atoms with Crippen LogP contribution in [0.5, 0.6) is 0 Å². The summed E-state index contributed by atoms with van der Waals surface area (Å²) in [6.07, 6.45) is 1.40. The standard InChI is InChI=1S/C16H26N2O4/c1-9-7-18-10(2)14(9)16(20)22-12(4)11(3)21-15(19)13-5-6-17-8-13/h8-14,18H,5-7H2,1-4H3. The maximum Gasteiger partial charge on any atom is 0.314 e. The number of nitrogens with one attached hydrogen (secondary N) is 1. The second-order valence-electron chi connectivity index (χ2n) is 6.43. The summed E-state index contributed by atoms with van der Waals surface area (Å²) in [5, 5.41) is 3.27. The molecule has 0 aliphatic carbocycles. The lowest BCUT2D eigenvalue weighted by Gasteiger charge is -2.25. The number of rotatable bonds is 5. The Bertz CT molecular complexity index is 441. The average molecular weight is 310 g/mol. The van der Waals surface area contributed by atoms with Gasteiger partial charge in [-0.25, -0.2) is 0 Å². The van der Waals surface area contributed by atoms with Crippen LogP contribution in [0.25, 0.3) is 0 Å². The zero-order valence-electron chi connectivity index (χ0n) is 13.7. The lowest BCUT2D eigenvalue weighted by molar-refractivity contribution is -0.170. The fraction of sp³-hybridized carbons (Fsp3) is 0.812. The Hall–Kier alpha value is -1.43. The van der Waals surface area contributed by atoms with Crippen LogP contribution in [0.15, 0.2) is 4.99 Å². The summed E-state index contributed by atoms with van der Waals surface area (Å²) in [5.41, 5.74) is 0. The predicted molar refractivity (Wildman–Crippen MR) is 82.7 cm³/mol. The van der Waals surface area contributed by atoms with Crippen molar-refractivity contribution in [3.63, 3.8) is 0 Å². The van der Waals surface area contributed by atoms with Gasteiger partial charge in [-0.05, 0) is 39.7 Å². The molecule has 0 saturated carbocycles. The highest BCUT2D eigenvalue weighted by atomic mass is 16.6. The summed E-state index contributed by atoms with van der Waals surface area (Å²) >= 11 is 0. The largest absolute Gasteiger partial charge is 0.458 e. The van der Waals surface area contributed by atoms with E-state index in [-0.39, 0.29) is 35.7 Å². The first-order chi connectivity index (χ1) is 10.4. The van der Waals surface area contributed by atoms with E-state index in [2.05, 4.69) is 10.3 Å². The first-order valence-electron chi connectivity index (χ1n) is 8.04. The van der Waals surface area contributed by atoms with E-state index in [1.54, 1.807) is 20.1 Å². The van der Waals surface area contributed by atoms with Crippen LogP contribution in [-0.2, 0) is 19.1 Å². The maximum atomic E-state index is 12.3. The van der Waals surface area contributed by atoms with Gasteiger partial charge in [0.1, 0.15) is 12.2 Å². The number of hydrogen-bond donors (Lipinski definition) is 1. The van der Waals surface area contributed by atoms with E-state index in [9.17, 15) is 9.59 Å². The van der Waals surface area contributed by atoms with Crippen molar-refractivity contribution in [3.05, 3.63) is 0 Å². The van der Waals surface area contributed by atoms with Crippen molar-refractivity contribution >= 4 is 18.2 Å². The molecule has 6 atom stereocenters. The summed E-state index contributed by atoms with van der Waals surface area (Å²) in [7, 11) is 0. The molecule has 0 amide bonds. The van der Waals surface area contributed by atoms with E-state index in [0.717, 1.165) is 6.54 Å². The fourth-order valence-electron chi connectivity index (χ4n) is 2.95. The number of carbonyl (C=O) groups is 2. The van der Waals surface area contributed by atoms with E-state index in [1.807, 2.05) is 13.8 Å². The number of hydrogen-bond acceptors (Lipinski definition) is 6. The normalized spacial score (nSPS) is 33.5. The molecule has 6 nitrogen and oxygen atoms in total. The van der Waals surface area contributed by atoms with E-state index >= 15 is 0 Å². The molecule has 6 unspecified atom stereocenters. The van der Waals surface area contributed by atoms with Gasteiger partial charge in [-0.15, -0.1) is 0 Å². The van der Waals surface area contributed by atoms with Crippen molar-refractivity contribution in [3.8, 4) is 0 Å². The molecule has 2 aliphatic rings. The van der Waals surface area contributed by atoms with E-state index in [4.69, 9.17) is 9.47 Å². The molecule has 0 radical (unpaired) electrons. The number of carbonyl (C=O) groups excluding carboxylic acids is 2. The van der Waals surface area contributed by atoms with Crippen molar-refractivity contribution in [2.45, 2.75) is 52.4 Å². The predicted octanol–water partition coefficient (Wildman–Crippen LogP) is 1.18. The smallest absolute Gasteiger partial charge is 0.314 e.